The summed E-state index contributed by atoms with van der Waals surface area (Å²) in [6, 6.07) is 0. The number of fused-ring (bicyclic) bond motifs is 1. The summed E-state index contributed by atoms with van der Waals surface area (Å²) in [6.45, 7) is 7.25. The largest absolute Gasteiger partial charge is 0.356 e. The van der Waals surface area contributed by atoms with Gasteiger partial charge in [-0.2, -0.15) is 15.1 Å². The molecule has 0 aliphatic carbocycles. The average molecular weight is 246 g/mol. The molecule has 1 saturated heterocycles. The molecule has 2 aromatic heterocycles. The van der Waals surface area contributed by atoms with Crippen LogP contribution in [0.1, 0.15) is 20.3 Å². The summed E-state index contributed by atoms with van der Waals surface area (Å²) in [5.41, 5.74) is 0.801. The van der Waals surface area contributed by atoms with Crippen LogP contribution in [0.5, 0.6) is 0 Å². The van der Waals surface area contributed by atoms with E-state index in [1.807, 2.05) is 13.1 Å². The Balaban J connectivity index is 2.05. The lowest BCUT2D eigenvalue weighted by Crippen LogP contribution is -2.21. The normalized spacial score (nSPS) is 19.7. The Morgan fingerprint density at radius 3 is 3.11 bits per heavy atom. The average Bonchev–Trinajstić information content (AvgIpc) is 2.97. The molecule has 2 aromatic rings. The van der Waals surface area contributed by atoms with E-state index in [1.54, 1.807) is 0 Å². The minimum Gasteiger partial charge on any atom is -0.356 e. The molecule has 1 aliphatic heterocycles. The van der Waals surface area contributed by atoms with Crippen molar-refractivity contribution in [3.63, 3.8) is 0 Å². The molecule has 0 saturated carbocycles. The highest BCUT2D eigenvalue weighted by Gasteiger charge is 2.23. The van der Waals surface area contributed by atoms with Crippen molar-refractivity contribution in [3.8, 4) is 0 Å². The number of hydrogen-bond acceptors (Lipinski definition) is 5. The molecule has 3 rings (SSSR count). The van der Waals surface area contributed by atoms with Gasteiger partial charge in [-0.25, -0.2) is 0 Å². The number of anilines is 2. The summed E-state index contributed by atoms with van der Waals surface area (Å²) in [5.74, 6) is 2.39. The second-order valence-corrected chi connectivity index (χ2v) is 4.87. The predicted octanol–water partition coefficient (Wildman–Crippen LogP) is 1.63. The van der Waals surface area contributed by atoms with Gasteiger partial charge in [0.05, 0.1) is 11.6 Å². The zero-order chi connectivity index (χ0) is 12.5. The van der Waals surface area contributed by atoms with Crippen molar-refractivity contribution in [1.82, 2.24) is 20.2 Å². The van der Waals surface area contributed by atoms with Crippen LogP contribution in [0.2, 0.25) is 0 Å². The minimum absolute atomic E-state index is 0.670. The molecule has 6 nitrogen and oxygen atoms in total. The maximum atomic E-state index is 4.62. The van der Waals surface area contributed by atoms with E-state index in [0.717, 1.165) is 42.4 Å². The number of aromatic nitrogens is 4. The molecular formula is C12H18N6. The van der Waals surface area contributed by atoms with Crippen molar-refractivity contribution in [2.75, 3.05) is 29.9 Å². The molecule has 0 amide bonds. The van der Waals surface area contributed by atoms with Crippen LogP contribution in [-0.2, 0) is 0 Å². The monoisotopic (exact) mass is 246 g/mol. The highest BCUT2D eigenvalue weighted by molar-refractivity contribution is 5.87. The topological polar surface area (TPSA) is 69.7 Å². The quantitative estimate of drug-likeness (QED) is 0.861. The molecule has 3 heterocycles. The van der Waals surface area contributed by atoms with Crippen LogP contribution in [0.4, 0.5) is 11.8 Å². The molecule has 1 fully saturated rings. The first-order valence-electron chi connectivity index (χ1n) is 6.48. The predicted molar refractivity (Wildman–Crippen MR) is 71.8 cm³/mol. The Morgan fingerprint density at radius 1 is 1.50 bits per heavy atom. The van der Waals surface area contributed by atoms with Gasteiger partial charge in [-0.3, -0.25) is 5.10 Å². The minimum atomic E-state index is 0.670. The molecule has 1 aliphatic rings. The van der Waals surface area contributed by atoms with Crippen LogP contribution in [-0.4, -0.2) is 39.8 Å². The van der Waals surface area contributed by atoms with E-state index in [9.17, 15) is 0 Å². The van der Waals surface area contributed by atoms with Crippen LogP contribution in [0, 0.1) is 5.92 Å². The lowest BCUT2D eigenvalue weighted by atomic mass is 10.2. The molecule has 1 unspecified atom stereocenters. The first-order valence-corrected chi connectivity index (χ1v) is 6.48. The van der Waals surface area contributed by atoms with Crippen LogP contribution >= 0.6 is 0 Å². The fourth-order valence-electron chi connectivity index (χ4n) is 2.43. The van der Waals surface area contributed by atoms with Crippen LogP contribution in [0.25, 0.3) is 11.0 Å². The van der Waals surface area contributed by atoms with Gasteiger partial charge in [0.1, 0.15) is 5.82 Å². The van der Waals surface area contributed by atoms with E-state index in [-0.39, 0.29) is 0 Å². The Labute approximate surface area is 106 Å². The molecular weight excluding hydrogens is 228 g/mol. The van der Waals surface area contributed by atoms with Crippen molar-refractivity contribution >= 4 is 22.8 Å². The molecule has 0 radical (unpaired) electrons. The van der Waals surface area contributed by atoms with Crippen LogP contribution in [0.15, 0.2) is 6.20 Å². The first kappa shape index (κ1) is 11.3. The second-order valence-electron chi connectivity index (χ2n) is 4.87. The molecule has 96 valence electrons. The Kier molecular flexibility index (Phi) is 2.77. The number of nitrogens with one attached hydrogen (secondary N) is 2. The summed E-state index contributed by atoms with van der Waals surface area (Å²) in [6.07, 6.45) is 3.03. The van der Waals surface area contributed by atoms with Gasteiger partial charge in [-0.1, -0.05) is 6.92 Å². The number of rotatable bonds is 3. The SMILES string of the molecule is CCNc1nc(N2CCC(C)C2)c2cn[nH]c2n1. The maximum Gasteiger partial charge on any atom is 0.226 e. The van der Waals surface area contributed by atoms with Gasteiger partial charge < -0.3 is 10.2 Å². The number of H-pyrrole nitrogens is 1. The molecule has 2 N–H and O–H groups in total. The van der Waals surface area contributed by atoms with Crippen molar-refractivity contribution in [2.24, 2.45) is 5.92 Å². The molecule has 0 bridgehead atoms. The third-order valence-electron chi connectivity index (χ3n) is 3.35. The lowest BCUT2D eigenvalue weighted by Gasteiger charge is -2.18. The molecule has 18 heavy (non-hydrogen) atoms. The molecule has 0 aromatic carbocycles. The number of nitrogens with zero attached hydrogens (tertiary/aromatic N) is 4. The third-order valence-corrected chi connectivity index (χ3v) is 3.35. The van der Waals surface area contributed by atoms with E-state index in [0.29, 0.717) is 5.95 Å². The van der Waals surface area contributed by atoms with Crippen LogP contribution < -0.4 is 10.2 Å². The molecule has 6 heteroatoms. The summed E-state index contributed by atoms with van der Waals surface area (Å²) in [7, 11) is 0. The zero-order valence-electron chi connectivity index (χ0n) is 10.8. The third kappa shape index (κ3) is 1.87. The Morgan fingerprint density at radius 2 is 2.39 bits per heavy atom. The summed E-state index contributed by atoms with van der Waals surface area (Å²) in [5, 5.41) is 11.2. The van der Waals surface area contributed by atoms with Crippen LogP contribution in [0.3, 0.4) is 0 Å². The summed E-state index contributed by atoms with van der Waals surface area (Å²) < 4.78 is 0. The first-order chi connectivity index (χ1) is 8.78. The highest BCUT2D eigenvalue weighted by atomic mass is 15.3. The van der Waals surface area contributed by atoms with Gasteiger partial charge in [0.25, 0.3) is 0 Å². The number of aromatic amines is 1. The summed E-state index contributed by atoms with van der Waals surface area (Å²) in [4.78, 5) is 11.4. The van der Waals surface area contributed by atoms with Gasteiger partial charge in [0.2, 0.25) is 5.95 Å². The lowest BCUT2D eigenvalue weighted by molar-refractivity contribution is 0.659. The van der Waals surface area contributed by atoms with Gasteiger partial charge in [-0.15, -0.1) is 0 Å². The molecule has 1 atom stereocenters. The van der Waals surface area contributed by atoms with Crippen molar-refractivity contribution in [3.05, 3.63) is 6.20 Å². The van der Waals surface area contributed by atoms with Crippen molar-refractivity contribution in [1.29, 1.82) is 0 Å². The van der Waals surface area contributed by atoms with Crippen molar-refractivity contribution < 1.29 is 0 Å². The van der Waals surface area contributed by atoms with Gasteiger partial charge in [0.15, 0.2) is 5.65 Å². The van der Waals surface area contributed by atoms with Gasteiger partial charge in [-0.05, 0) is 19.3 Å². The van der Waals surface area contributed by atoms with E-state index in [2.05, 4.69) is 37.3 Å². The van der Waals surface area contributed by atoms with E-state index >= 15 is 0 Å². The fourth-order valence-corrected chi connectivity index (χ4v) is 2.43. The second kappa shape index (κ2) is 4.44. The standard InChI is InChI=1S/C12H18N6/c1-3-13-12-15-10-9(6-14-17-10)11(16-12)18-5-4-8(2)7-18/h6,8H,3-5,7H2,1-2H3,(H2,13,14,15,16,17). The zero-order valence-corrected chi connectivity index (χ0v) is 10.8. The van der Waals surface area contributed by atoms with Crippen molar-refractivity contribution in [2.45, 2.75) is 20.3 Å². The Bertz CT molecular complexity index is 548. The van der Waals surface area contributed by atoms with Gasteiger partial charge >= 0.3 is 0 Å². The molecule has 0 spiro atoms. The highest BCUT2D eigenvalue weighted by Crippen LogP contribution is 2.28. The van der Waals surface area contributed by atoms with E-state index < -0.39 is 0 Å². The smallest absolute Gasteiger partial charge is 0.226 e. The van der Waals surface area contributed by atoms with E-state index in [4.69, 9.17) is 0 Å². The summed E-state index contributed by atoms with van der Waals surface area (Å²) >= 11 is 0. The maximum absolute atomic E-state index is 4.62. The van der Waals surface area contributed by atoms with Gasteiger partial charge in [0, 0.05) is 19.6 Å². The Hall–Kier alpha value is -1.85. The van der Waals surface area contributed by atoms with E-state index in [1.165, 1.54) is 6.42 Å². The fraction of sp³-hybridized carbons (Fsp3) is 0.583. The number of hydrogen-bond donors (Lipinski definition) is 2.